The molecule has 162 valence electrons. The van der Waals surface area contributed by atoms with Crippen molar-refractivity contribution in [3.05, 3.63) is 64.7 Å². The van der Waals surface area contributed by atoms with Gasteiger partial charge in [0.1, 0.15) is 11.8 Å². The summed E-state index contributed by atoms with van der Waals surface area (Å²) in [6, 6.07) is 16.9. The van der Waals surface area contributed by atoms with Gasteiger partial charge >= 0.3 is 6.03 Å². The normalized spacial score (nSPS) is 16.6. The lowest BCUT2D eigenvalue weighted by Gasteiger charge is -2.33. The molecule has 2 heterocycles. The van der Waals surface area contributed by atoms with Crippen molar-refractivity contribution < 1.29 is 9.53 Å². The predicted molar refractivity (Wildman–Crippen MR) is 119 cm³/mol. The van der Waals surface area contributed by atoms with E-state index in [-0.39, 0.29) is 6.03 Å². The van der Waals surface area contributed by atoms with Crippen molar-refractivity contribution in [2.45, 2.75) is 32.5 Å². The number of hydrogen-bond acceptors (Lipinski definition) is 4. The minimum absolute atomic E-state index is 0.0721. The number of fused-ring (bicyclic) bond motifs is 1. The van der Waals surface area contributed by atoms with Crippen LogP contribution in [-0.2, 0) is 19.6 Å². The number of benzene rings is 2. The molecule has 2 aliphatic rings. The highest BCUT2D eigenvalue weighted by Crippen LogP contribution is 2.27. The second-order valence-electron chi connectivity index (χ2n) is 8.77. The molecule has 0 radical (unpaired) electrons. The van der Waals surface area contributed by atoms with Crippen molar-refractivity contribution >= 4 is 6.03 Å². The van der Waals surface area contributed by atoms with E-state index in [0.717, 1.165) is 51.1 Å². The minimum Gasteiger partial charge on any atom is -0.492 e. The van der Waals surface area contributed by atoms with Crippen molar-refractivity contribution in [3.8, 4) is 11.8 Å². The molecule has 6 heteroatoms. The van der Waals surface area contributed by atoms with Gasteiger partial charge in [-0.05, 0) is 47.6 Å². The molecule has 2 aromatic carbocycles. The number of carbonyl (C=O) groups is 1. The fourth-order valence-electron chi connectivity index (χ4n) is 4.44. The number of likely N-dealkylation sites (tertiary alicyclic amines) is 1. The fraction of sp³-hybridized carbons (Fsp3) is 0.440. The lowest BCUT2D eigenvalue weighted by atomic mass is 9.98. The standard InChI is InChI=1S/C25H30N4O2/c1-27(2)25(30)29-11-9-19(10-12-29)18-31-24-8-7-20(13-23(24)14-26)15-28-16-21-5-3-4-6-22(21)17-28/h3-8,13,19H,9-12,15-18H2,1-2H3. The highest BCUT2D eigenvalue weighted by atomic mass is 16.5. The number of rotatable bonds is 5. The third-order valence-corrected chi connectivity index (χ3v) is 6.22. The molecule has 31 heavy (non-hydrogen) atoms. The van der Waals surface area contributed by atoms with E-state index in [1.54, 1.807) is 19.0 Å². The Morgan fingerprint density at radius 2 is 1.81 bits per heavy atom. The first-order valence-corrected chi connectivity index (χ1v) is 10.9. The van der Waals surface area contributed by atoms with E-state index in [1.807, 2.05) is 17.0 Å². The molecule has 0 bridgehead atoms. The topological polar surface area (TPSA) is 59.8 Å². The smallest absolute Gasteiger partial charge is 0.319 e. The number of nitrogens with zero attached hydrogens (tertiary/aromatic N) is 4. The molecule has 0 N–H and O–H groups in total. The van der Waals surface area contributed by atoms with Gasteiger partial charge in [0.25, 0.3) is 0 Å². The Kier molecular flexibility index (Phi) is 6.43. The van der Waals surface area contributed by atoms with Crippen molar-refractivity contribution in [1.29, 1.82) is 5.26 Å². The van der Waals surface area contributed by atoms with E-state index >= 15 is 0 Å². The van der Waals surface area contributed by atoms with Gasteiger partial charge in [-0.25, -0.2) is 4.79 Å². The van der Waals surface area contributed by atoms with Crippen LogP contribution in [0.3, 0.4) is 0 Å². The van der Waals surface area contributed by atoms with E-state index in [4.69, 9.17) is 4.74 Å². The van der Waals surface area contributed by atoms with Gasteiger partial charge in [-0.3, -0.25) is 4.90 Å². The summed E-state index contributed by atoms with van der Waals surface area (Å²) in [6.45, 7) is 4.82. The summed E-state index contributed by atoms with van der Waals surface area (Å²) in [6.07, 6.45) is 1.85. The van der Waals surface area contributed by atoms with E-state index in [2.05, 4.69) is 41.3 Å². The molecular formula is C25H30N4O2. The van der Waals surface area contributed by atoms with Gasteiger partial charge in [0.2, 0.25) is 0 Å². The zero-order valence-electron chi connectivity index (χ0n) is 18.4. The Morgan fingerprint density at radius 3 is 2.42 bits per heavy atom. The Balaban J connectivity index is 1.30. The molecule has 0 spiro atoms. The fourth-order valence-corrected chi connectivity index (χ4v) is 4.44. The minimum atomic E-state index is 0.0721. The monoisotopic (exact) mass is 418 g/mol. The third kappa shape index (κ3) is 5.00. The maximum Gasteiger partial charge on any atom is 0.319 e. The van der Waals surface area contributed by atoms with E-state index in [1.165, 1.54) is 11.1 Å². The van der Waals surface area contributed by atoms with Gasteiger partial charge in [-0.15, -0.1) is 0 Å². The molecule has 2 amide bonds. The molecule has 0 unspecified atom stereocenters. The summed E-state index contributed by atoms with van der Waals surface area (Å²) in [4.78, 5) is 18.0. The van der Waals surface area contributed by atoms with Crippen LogP contribution in [0.5, 0.6) is 5.75 Å². The van der Waals surface area contributed by atoms with E-state index in [9.17, 15) is 10.1 Å². The lowest BCUT2D eigenvalue weighted by Crippen LogP contribution is -2.44. The molecule has 2 aromatic rings. The molecule has 2 aliphatic heterocycles. The van der Waals surface area contributed by atoms with Crippen LogP contribution in [0.2, 0.25) is 0 Å². The van der Waals surface area contributed by atoms with Crippen LogP contribution in [0.25, 0.3) is 0 Å². The maximum absolute atomic E-state index is 12.1. The molecule has 0 atom stereocenters. The largest absolute Gasteiger partial charge is 0.492 e. The highest BCUT2D eigenvalue weighted by Gasteiger charge is 2.24. The zero-order chi connectivity index (χ0) is 21.8. The molecule has 4 rings (SSSR count). The predicted octanol–water partition coefficient (Wildman–Crippen LogP) is 3.85. The van der Waals surface area contributed by atoms with E-state index < -0.39 is 0 Å². The van der Waals surface area contributed by atoms with Gasteiger partial charge in [0.15, 0.2) is 0 Å². The number of carbonyl (C=O) groups excluding carboxylic acids is 1. The van der Waals surface area contributed by atoms with Gasteiger partial charge in [-0.1, -0.05) is 30.3 Å². The Morgan fingerprint density at radius 1 is 1.13 bits per heavy atom. The summed E-state index contributed by atoms with van der Waals surface area (Å²) in [7, 11) is 3.57. The first-order valence-electron chi connectivity index (χ1n) is 10.9. The number of nitriles is 1. The van der Waals surface area contributed by atoms with Crippen molar-refractivity contribution in [2.24, 2.45) is 5.92 Å². The van der Waals surface area contributed by atoms with E-state index in [0.29, 0.717) is 23.8 Å². The number of amides is 2. The number of urea groups is 1. The van der Waals surface area contributed by atoms with Crippen LogP contribution in [0.1, 0.15) is 35.1 Å². The Hall–Kier alpha value is -3.04. The maximum atomic E-state index is 12.1. The summed E-state index contributed by atoms with van der Waals surface area (Å²) in [5.74, 6) is 1.06. The molecule has 0 aliphatic carbocycles. The summed E-state index contributed by atoms with van der Waals surface area (Å²) >= 11 is 0. The van der Waals surface area contributed by atoms with Crippen molar-refractivity contribution in [2.75, 3.05) is 33.8 Å². The average molecular weight is 419 g/mol. The zero-order valence-corrected chi connectivity index (χ0v) is 18.4. The molecular weight excluding hydrogens is 388 g/mol. The lowest BCUT2D eigenvalue weighted by molar-refractivity contribution is 0.129. The Labute approximate surface area is 184 Å². The average Bonchev–Trinajstić information content (AvgIpc) is 3.20. The first-order chi connectivity index (χ1) is 15.0. The SMILES string of the molecule is CN(C)C(=O)N1CCC(COc2ccc(CN3Cc4ccccc4C3)cc2C#N)CC1. The third-order valence-electron chi connectivity index (χ3n) is 6.22. The number of ether oxygens (including phenoxy) is 1. The van der Waals surface area contributed by atoms with Crippen molar-refractivity contribution in [1.82, 2.24) is 14.7 Å². The van der Waals surface area contributed by atoms with Crippen LogP contribution in [0, 0.1) is 17.2 Å². The first kappa shape index (κ1) is 21.2. The molecule has 0 saturated carbocycles. The van der Waals surface area contributed by atoms with Crippen LogP contribution in [-0.4, -0.2) is 54.5 Å². The van der Waals surface area contributed by atoms with Crippen LogP contribution in [0.15, 0.2) is 42.5 Å². The van der Waals surface area contributed by atoms with Gasteiger partial charge < -0.3 is 14.5 Å². The molecule has 1 saturated heterocycles. The number of piperidine rings is 1. The summed E-state index contributed by atoms with van der Waals surface area (Å²) in [5, 5.41) is 9.64. The van der Waals surface area contributed by atoms with Crippen LogP contribution >= 0.6 is 0 Å². The summed E-state index contributed by atoms with van der Waals surface area (Å²) < 4.78 is 6.04. The summed E-state index contributed by atoms with van der Waals surface area (Å²) in [5.41, 5.74) is 4.50. The van der Waals surface area contributed by atoms with Crippen LogP contribution < -0.4 is 4.74 Å². The van der Waals surface area contributed by atoms with Crippen LogP contribution in [0.4, 0.5) is 4.79 Å². The number of hydrogen-bond donors (Lipinski definition) is 0. The second-order valence-corrected chi connectivity index (χ2v) is 8.77. The van der Waals surface area contributed by atoms with Gasteiger partial charge in [0, 0.05) is 46.8 Å². The molecule has 1 fully saturated rings. The second kappa shape index (κ2) is 9.40. The molecule has 0 aromatic heterocycles. The molecule has 6 nitrogen and oxygen atoms in total. The Bertz CT molecular complexity index is 949. The quantitative estimate of drug-likeness (QED) is 0.740. The van der Waals surface area contributed by atoms with Gasteiger partial charge in [-0.2, -0.15) is 5.26 Å². The van der Waals surface area contributed by atoms with Crippen molar-refractivity contribution in [3.63, 3.8) is 0 Å². The highest BCUT2D eigenvalue weighted by molar-refractivity contribution is 5.73. The van der Waals surface area contributed by atoms with Gasteiger partial charge in [0.05, 0.1) is 12.2 Å².